The highest BCUT2D eigenvalue weighted by Crippen LogP contribution is 2.30. The van der Waals surface area contributed by atoms with Gasteiger partial charge in [-0.1, -0.05) is 24.3 Å². The van der Waals surface area contributed by atoms with Crippen LogP contribution in [0.1, 0.15) is 28.8 Å². The zero-order valence-electron chi connectivity index (χ0n) is 13.5. The molecule has 2 aromatic carbocycles. The zero-order chi connectivity index (χ0) is 16.9. The number of carbonyl (C=O) groups excluding carboxylic acids is 2. The number of hydrogen-bond acceptors (Lipinski definition) is 4. The van der Waals surface area contributed by atoms with Crippen LogP contribution in [0.3, 0.4) is 0 Å². The molecule has 0 saturated heterocycles. The number of amides is 1. The molecular formula is C19H19NO4. The summed E-state index contributed by atoms with van der Waals surface area (Å²) in [5.41, 5.74) is 1.81. The van der Waals surface area contributed by atoms with Gasteiger partial charge in [0.05, 0.1) is 12.7 Å². The predicted molar refractivity (Wildman–Crippen MR) is 89.9 cm³/mol. The third-order valence-corrected chi connectivity index (χ3v) is 3.87. The molecule has 1 aliphatic rings. The number of benzene rings is 2. The number of esters is 1. The van der Waals surface area contributed by atoms with E-state index in [9.17, 15) is 9.59 Å². The molecular weight excluding hydrogens is 306 g/mol. The number of hydrogen-bond donors (Lipinski definition) is 1. The second-order valence-electron chi connectivity index (χ2n) is 5.73. The van der Waals surface area contributed by atoms with E-state index in [2.05, 4.69) is 5.32 Å². The number of carbonyl (C=O) groups is 2. The van der Waals surface area contributed by atoms with Crippen LogP contribution in [0.5, 0.6) is 5.75 Å². The van der Waals surface area contributed by atoms with Crippen LogP contribution in [0.4, 0.5) is 5.69 Å². The molecule has 1 saturated carbocycles. The van der Waals surface area contributed by atoms with Crippen LogP contribution in [0.15, 0.2) is 48.5 Å². The van der Waals surface area contributed by atoms with Crippen molar-refractivity contribution in [2.45, 2.75) is 19.4 Å². The molecule has 5 heteroatoms. The first kappa shape index (κ1) is 16.1. The normalized spacial score (nSPS) is 13.2. The van der Waals surface area contributed by atoms with Gasteiger partial charge in [-0.2, -0.15) is 0 Å². The minimum atomic E-state index is -0.441. The molecule has 1 aliphatic carbocycles. The summed E-state index contributed by atoms with van der Waals surface area (Å²) in [7, 11) is 1.58. The quantitative estimate of drug-likeness (QED) is 0.827. The lowest BCUT2D eigenvalue weighted by Gasteiger charge is -2.10. The maximum Gasteiger partial charge on any atom is 0.338 e. The fourth-order valence-electron chi connectivity index (χ4n) is 2.36. The first-order chi connectivity index (χ1) is 11.7. The van der Waals surface area contributed by atoms with Crippen LogP contribution in [0, 0.1) is 5.92 Å². The lowest BCUT2D eigenvalue weighted by atomic mass is 10.2. The Balaban J connectivity index is 1.63. The molecule has 0 radical (unpaired) electrons. The molecule has 0 atom stereocenters. The van der Waals surface area contributed by atoms with E-state index >= 15 is 0 Å². The molecule has 0 heterocycles. The average molecular weight is 325 g/mol. The largest absolute Gasteiger partial charge is 0.496 e. The minimum absolute atomic E-state index is 0.00883. The molecule has 1 amide bonds. The predicted octanol–water partition coefficient (Wildman–Crippen LogP) is 3.40. The summed E-state index contributed by atoms with van der Waals surface area (Å²) in [6, 6.07) is 14.2. The summed E-state index contributed by atoms with van der Waals surface area (Å²) in [5.74, 6) is 0.361. The highest BCUT2D eigenvalue weighted by Gasteiger charge is 2.29. The van der Waals surface area contributed by atoms with Crippen LogP contribution in [0.2, 0.25) is 0 Å². The van der Waals surface area contributed by atoms with E-state index in [1.165, 1.54) is 0 Å². The lowest BCUT2D eigenvalue weighted by molar-refractivity contribution is -0.117. The average Bonchev–Trinajstić information content (AvgIpc) is 3.45. The van der Waals surface area contributed by atoms with Crippen molar-refractivity contribution in [3.63, 3.8) is 0 Å². The van der Waals surface area contributed by atoms with Gasteiger partial charge in [-0.05, 0) is 37.1 Å². The van der Waals surface area contributed by atoms with E-state index in [-0.39, 0.29) is 18.4 Å². The van der Waals surface area contributed by atoms with Gasteiger partial charge in [0, 0.05) is 17.2 Å². The van der Waals surface area contributed by atoms with E-state index in [1.54, 1.807) is 31.4 Å². The smallest absolute Gasteiger partial charge is 0.338 e. The highest BCUT2D eigenvalue weighted by molar-refractivity contribution is 5.96. The molecule has 3 rings (SSSR count). The van der Waals surface area contributed by atoms with Crippen LogP contribution in [0.25, 0.3) is 0 Å². The van der Waals surface area contributed by atoms with Crippen molar-refractivity contribution in [2.24, 2.45) is 5.92 Å². The first-order valence-corrected chi connectivity index (χ1v) is 7.87. The van der Waals surface area contributed by atoms with Crippen molar-refractivity contribution >= 4 is 17.6 Å². The molecule has 124 valence electrons. The lowest BCUT2D eigenvalue weighted by Crippen LogP contribution is -2.14. The fraction of sp³-hybridized carbons (Fsp3) is 0.263. The maximum absolute atomic E-state index is 12.2. The Morgan fingerprint density at radius 3 is 2.67 bits per heavy atom. The Labute approximate surface area is 140 Å². The number of para-hydroxylation sites is 1. The van der Waals surface area contributed by atoms with Crippen molar-refractivity contribution in [1.29, 1.82) is 0 Å². The summed E-state index contributed by atoms with van der Waals surface area (Å²) in [5, 5.41) is 2.82. The number of anilines is 1. The third-order valence-electron chi connectivity index (χ3n) is 3.87. The summed E-state index contributed by atoms with van der Waals surface area (Å²) in [6.45, 7) is 0.126. The Kier molecular flexibility index (Phi) is 4.79. The summed E-state index contributed by atoms with van der Waals surface area (Å²) >= 11 is 0. The molecule has 1 fully saturated rings. The summed E-state index contributed by atoms with van der Waals surface area (Å²) < 4.78 is 10.6. The van der Waals surface area contributed by atoms with Crippen LogP contribution in [-0.2, 0) is 16.1 Å². The van der Waals surface area contributed by atoms with Gasteiger partial charge in [0.15, 0.2) is 0 Å². The van der Waals surface area contributed by atoms with E-state index in [0.29, 0.717) is 17.0 Å². The molecule has 1 N–H and O–H groups in total. The van der Waals surface area contributed by atoms with Crippen molar-refractivity contribution in [1.82, 2.24) is 0 Å². The van der Waals surface area contributed by atoms with Gasteiger partial charge >= 0.3 is 5.97 Å². The van der Waals surface area contributed by atoms with Gasteiger partial charge in [0.25, 0.3) is 0 Å². The second-order valence-corrected chi connectivity index (χ2v) is 5.73. The van der Waals surface area contributed by atoms with Crippen LogP contribution < -0.4 is 10.1 Å². The molecule has 0 bridgehead atoms. The topological polar surface area (TPSA) is 64.6 Å². The summed E-state index contributed by atoms with van der Waals surface area (Å²) in [6.07, 6.45) is 1.87. The molecule has 0 unspecified atom stereocenters. The zero-order valence-corrected chi connectivity index (χ0v) is 13.5. The Bertz CT molecular complexity index is 753. The van der Waals surface area contributed by atoms with Gasteiger partial charge in [0.2, 0.25) is 5.91 Å². The number of ether oxygens (including phenoxy) is 2. The van der Waals surface area contributed by atoms with Crippen molar-refractivity contribution in [3.8, 4) is 5.75 Å². The summed E-state index contributed by atoms with van der Waals surface area (Å²) in [4.78, 5) is 24.0. The minimum Gasteiger partial charge on any atom is -0.496 e. The fourth-order valence-corrected chi connectivity index (χ4v) is 2.36. The number of rotatable bonds is 6. The third kappa shape index (κ3) is 3.93. The SMILES string of the molecule is COc1ccccc1COC(=O)c1cccc(NC(=O)C2CC2)c1. The molecule has 0 spiro atoms. The van der Waals surface area contributed by atoms with Gasteiger partial charge in [0.1, 0.15) is 12.4 Å². The Hall–Kier alpha value is -2.82. The Morgan fingerprint density at radius 1 is 1.12 bits per heavy atom. The standard InChI is InChI=1S/C19H19NO4/c1-23-17-8-3-2-5-15(17)12-24-19(22)14-6-4-7-16(11-14)20-18(21)13-9-10-13/h2-8,11,13H,9-10,12H2,1H3,(H,20,21). The van der Waals surface area contributed by atoms with Gasteiger partial charge in [-0.15, -0.1) is 0 Å². The Morgan fingerprint density at radius 2 is 1.92 bits per heavy atom. The number of nitrogens with one attached hydrogen (secondary N) is 1. The van der Waals surface area contributed by atoms with E-state index in [1.807, 2.05) is 24.3 Å². The monoisotopic (exact) mass is 325 g/mol. The molecule has 5 nitrogen and oxygen atoms in total. The van der Waals surface area contributed by atoms with Gasteiger partial charge < -0.3 is 14.8 Å². The first-order valence-electron chi connectivity index (χ1n) is 7.87. The van der Waals surface area contributed by atoms with E-state index < -0.39 is 5.97 Å². The van der Waals surface area contributed by atoms with Gasteiger partial charge in [-0.3, -0.25) is 4.79 Å². The van der Waals surface area contributed by atoms with Crippen molar-refractivity contribution < 1.29 is 19.1 Å². The van der Waals surface area contributed by atoms with E-state index in [4.69, 9.17) is 9.47 Å². The highest BCUT2D eigenvalue weighted by atomic mass is 16.5. The van der Waals surface area contributed by atoms with Crippen molar-refractivity contribution in [3.05, 3.63) is 59.7 Å². The van der Waals surface area contributed by atoms with Crippen molar-refractivity contribution in [2.75, 3.05) is 12.4 Å². The van der Waals surface area contributed by atoms with Crippen LogP contribution in [-0.4, -0.2) is 19.0 Å². The molecule has 2 aromatic rings. The van der Waals surface area contributed by atoms with Crippen LogP contribution >= 0.6 is 0 Å². The molecule has 0 aromatic heterocycles. The molecule has 0 aliphatic heterocycles. The van der Waals surface area contributed by atoms with Gasteiger partial charge in [-0.25, -0.2) is 4.79 Å². The maximum atomic E-state index is 12.2. The second kappa shape index (κ2) is 7.17. The molecule has 24 heavy (non-hydrogen) atoms. The van der Waals surface area contributed by atoms with E-state index in [0.717, 1.165) is 18.4 Å². The number of methoxy groups -OCH3 is 1.